The zero-order valence-electron chi connectivity index (χ0n) is 15.3. The molecule has 0 radical (unpaired) electrons. The molecule has 0 bridgehead atoms. The summed E-state index contributed by atoms with van der Waals surface area (Å²) in [5, 5.41) is 17.6. The van der Waals surface area contributed by atoms with Gasteiger partial charge >= 0.3 is 0 Å². The fraction of sp³-hybridized carbons (Fsp3) is 0.250. The van der Waals surface area contributed by atoms with E-state index in [-0.39, 0.29) is 29.8 Å². The van der Waals surface area contributed by atoms with E-state index in [1.165, 1.54) is 12.1 Å². The van der Waals surface area contributed by atoms with E-state index in [2.05, 4.69) is 15.8 Å². The van der Waals surface area contributed by atoms with Crippen LogP contribution in [-0.4, -0.2) is 22.4 Å². The standard InChI is InChI=1S/C20H20N4O4/c1-13(15-6-8-17(9-7-15)21-20(26)16-4-5-16)22-23-19(25)12-14-2-10-18(11-3-14)24(27)28/h2-3,6-11,16H,4-5,12H2,1H3,(H,21,26)(H,23,25)/b22-13+. The van der Waals surface area contributed by atoms with Crippen LogP contribution in [-0.2, 0) is 16.0 Å². The molecule has 8 heteroatoms. The lowest BCUT2D eigenvalue weighted by Gasteiger charge is -2.06. The molecule has 2 amide bonds. The molecule has 0 saturated heterocycles. The summed E-state index contributed by atoms with van der Waals surface area (Å²) in [6.45, 7) is 1.77. The summed E-state index contributed by atoms with van der Waals surface area (Å²) in [5.41, 5.74) is 5.30. The van der Waals surface area contributed by atoms with Crippen LogP contribution in [0.3, 0.4) is 0 Å². The Hall–Kier alpha value is -3.55. The second-order valence-corrected chi connectivity index (χ2v) is 6.67. The minimum absolute atomic E-state index is 0.0187. The number of amides is 2. The average molecular weight is 380 g/mol. The summed E-state index contributed by atoms with van der Waals surface area (Å²) in [7, 11) is 0. The molecule has 2 N–H and O–H groups in total. The highest BCUT2D eigenvalue weighted by molar-refractivity contribution is 6.00. The zero-order valence-corrected chi connectivity index (χ0v) is 15.3. The third-order valence-corrected chi connectivity index (χ3v) is 4.38. The highest BCUT2D eigenvalue weighted by Crippen LogP contribution is 2.30. The number of carbonyl (C=O) groups is 2. The maximum absolute atomic E-state index is 12.0. The van der Waals surface area contributed by atoms with Crippen molar-refractivity contribution >= 4 is 28.9 Å². The first-order chi connectivity index (χ1) is 13.4. The first-order valence-corrected chi connectivity index (χ1v) is 8.90. The Morgan fingerprint density at radius 2 is 1.75 bits per heavy atom. The van der Waals surface area contributed by atoms with Crippen molar-refractivity contribution in [2.45, 2.75) is 26.2 Å². The SMILES string of the molecule is C/C(=N\NC(=O)Cc1ccc([N+](=O)[O-])cc1)c1ccc(NC(=O)C2CC2)cc1. The van der Waals surface area contributed by atoms with Crippen LogP contribution in [0.1, 0.15) is 30.9 Å². The van der Waals surface area contributed by atoms with Crippen LogP contribution in [0.2, 0.25) is 0 Å². The molecule has 0 heterocycles. The Kier molecular flexibility index (Phi) is 5.78. The molecule has 28 heavy (non-hydrogen) atoms. The van der Waals surface area contributed by atoms with E-state index in [0.29, 0.717) is 11.3 Å². The number of nitro groups is 1. The molecule has 144 valence electrons. The number of hydrogen-bond donors (Lipinski definition) is 2. The molecule has 0 aromatic heterocycles. The Morgan fingerprint density at radius 1 is 1.11 bits per heavy atom. The first kappa shape index (κ1) is 19.2. The van der Waals surface area contributed by atoms with Gasteiger partial charge in [0.15, 0.2) is 0 Å². The van der Waals surface area contributed by atoms with Crippen molar-refractivity contribution in [3.63, 3.8) is 0 Å². The Bertz CT molecular complexity index is 916. The predicted molar refractivity (Wildman–Crippen MR) is 105 cm³/mol. The maximum atomic E-state index is 12.0. The van der Waals surface area contributed by atoms with Crippen molar-refractivity contribution in [1.29, 1.82) is 0 Å². The van der Waals surface area contributed by atoms with Crippen LogP contribution in [0.25, 0.3) is 0 Å². The molecule has 1 saturated carbocycles. The van der Waals surface area contributed by atoms with Crippen molar-refractivity contribution in [3.8, 4) is 0 Å². The molecule has 0 spiro atoms. The maximum Gasteiger partial charge on any atom is 0.269 e. The van der Waals surface area contributed by atoms with Crippen LogP contribution in [0.15, 0.2) is 53.6 Å². The van der Waals surface area contributed by atoms with E-state index in [1.54, 1.807) is 31.2 Å². The summed E-state index contributed by atoms with van der Waals surface area (Å²) in [5.74, 6) is -0.118. The van der Waals surface area contributed by atoms with Crippen molar-refractivity contribution in [1.82, 2.24) is 5.43 Å². The first-order valence-electron chi connectivity index (χ1n) is 8.90. The number of anilines is 1. The van der Waals surface area contributed by atoms with Crippen LogP contribution in [0.4, 0.5) is 11.4 Å². The van der Waals surface area contributed by atoms with E-state index in [9.17, 15) is 19.7 Å². The van der Waals surface area contributed by atoms with Gasteiger partial charge in [0.2, 0.25) is 11.8 Å². The van der Waals surface area contributed by atoms with Gasteiger partial charge in [-0.05, 0) is 43.0 Å². The highest BCUT2D eigenvalue weighted by Gasteiger charge is 2.29. The Morgan fingerprint density at radius 3 is 2.32 bits per heavy atom. The monoisotopic (exact) mass is 380 g/mol. The number of carbonyl (C=O) groups excluding carboxylic acids is 2. The van der Waals surface area contributed by atoms with Gasteiger partial charge in [-0.2, -0.15) is 5.10 Å². The van der Waals surface area contributed by atoms with E-state index in [0.717, 1.165) is 24.1 Å². The minimum Gasteiger partial charge on any atom is -0.326 e. The Balaban J connectivity index is 1.53. The van der Waals surface area contributed by atoms with Gasteiger partial charge in [0.05, 0.1) is 17.1 Å². The lowest BCUT2D eigenvalue weighted by Crippen LogP contribution is -2.21. The fourth-order valence-electron chi connectivity index (χ4n) is 2.56. The van der Waals surface area contributed by atoms with Crippen molar-refractivity contribution in [2.75, 3.05) is 5.32 Å². The largest absolute Gasteiger partial charge is 0.326 e. The van der Waals surface area contributed by atoms with Gasteiger partial charge in [0.25, 0.3) is 5.69 Å². The van der Waals surface area contributed by atoms with E-state index in [1.807, 2.05) is 12.1 Å². The van der Waals surface area contributed by atoms with E-state index >= 15 is 0 Å². The summed E-state index contributed by atoms with van der Waals surface area (Å²) in [4.78, 5) is 33.9. The van der Waals surface area contributed by atoms with Gasteiger partial charge in [-0.3, -0.25) is 19.7 Å². The number of nitrogens with zero attached hydrogens (tertiary/aromatic N) is 2. The van der Waals surface area contributed by atoms with Gasteiger partial charge in [0.1, 0.15) is 0 Å². The molecule has 0 aliphatic heterocycles. The molecule has 3 rings (SSSR count). The third-order valence-electron chi connectivity index (χ3n) is 4.38. The summed E-state index contributed by atoms with van der Waals surface area (Å²) in [6.07, 6.45) is 1.98. The number of nitrogens with one attached hydrogen (secondary N) is 2. The molecule has 0 atom stereocenters. The van der Waals surface area contributed by atoms with Crippen LogP contribution in [0, 0.1) is 16.0 Å². The number of benzene rings is 2. The second-order valence-electron chi connectivity index (χ2n) is 6.67. The van der Waals surface area contributed by atoms with Gasteiger partial charge in [-0.25, -0.2) is 5.43 Å². The molecule has 1 aliphatic carbocycles. The summed E-state index contributed by atoms with van der Waals surface area (Å²) >= 11 is 0. The predicted octanol–water partition coefficient (Wildman–Crippen LogP) is 3.03. The molecular weight excluding hydrogens is 360 g/mol. The van der Waals surface area contributed by atoms with E-state index < -0.39 is 4.92 Å². The van der Waals surface area contributed by atoms with Crippen molar-refractivity contribution in [2.24, 2.45) is 11.0 Å². The molecule has 8 nitrogen and oxygen atoms in total. The lowest BCUT2D eigenvalue weighted by molar-refractivity contribution is -0.384. The lowest BCUT2D eigenvalue weighted by atomic mass is 10.1. The van der Waals surface area contributed by atoms with Gasteiger partial charge in [-0.1, -0.05) is 24.3 Å². The number of rotatable bonds is 7. The number of non-ortho nitro benzene ring substituents is 1. The van der Waals surface area contributed by atoms with Crippen LogP contribution < -0.4 is 10.7 Å². The second kappa shape index (κ2) is 8.43. The average Bonchev–Trinajstić information content (AvgIpc) is 3.52. The molecule has 1 aliphatic rings. The van der Waals surface area contributed by atoms with Crippen LogP contribution in [0.5, 0.6) is 0 Å². The fourth-order valence-corrected chi connectivity index (χ4v) is 2.56. The molecular formula is C20H20N4O4. The Labute approximate surface area is 161 Å². The minimum atomic E-state index is -0.486. The summed E-state index contributed by atoms with van der Waals surface area (Å²) < 4.78 is 0. The van der Waals surface area contributed by atoms with Gasteiger partial charge in [0, 0.05) is 23.7 Å². The normalized spacial score (nSPS) is 13.7. The molecule has 2 aromatic carbocycles. The molecule has 0 unspecified atom stereocenters. The molecule has 2 aromatic rings. The topological polar surface area (TPSA) is 114 Å². The van der Waals surface area contributed by atoms with Crippen molar-refractivity contribution < 1.29 is 14.5 Å². The number of hydrogen-bond acceptors (Lipinski definition) is 5. The quantitative estimate of drug-likeness (QED) is 0.436. The van der Waals surface area contributed by atoms with Crippen LogP contribution >= 0.6 is 0 Å². The van der Waals surface area contributed by atoms with Gasteiger partial charge < -0.3 is 5.32 Å². The number of nitro benzene ring substituents is 1. The zero-order chi connectivity index (χ0) is 20.1. The number of hydrazone groups is 1. The summed E-state index contributed by atoms with van der Waals surface area (Å²) in [6, 6.07) is 13.1. The highest BCUT2D eigenvalue weighted by atomic mass is 16.6. The van der Waals surface area contributed by atoms with Gasteiger partial charge in [-0.15, -0.1) is 0 Å². The molecule has 1 fully saturated rings. The smallest absolute Gasteiger partial charge is 0.269 e. The van der Waals surface area contributed by atoms with Crippen molar-refractivity contribution in [3.05, 3.63) is 69.8 Å². The van der Waals surface area contributed by atoms with E-state index in [4.69, 9.17) is 0 Å². The third kappa shape index (κ3) is 5.23.